The zero-order chi connectivity index (χ0) is 24.2. The van der Waals surface area contributed by atoms with Gasteiger partial charge in [0.15, 0.2) is 5.76 Å². The summed E-state index contributed by atoms with van der Waals surface area (Å²) < 4.78 is 16.5. The number of furan rings is 1. The van der Waals surface area contributed by atoms with Crippen LogP contribution >= 0.6 is 0 Å². The molecule has 3 aromatic heterocycles. The van der Waals surface area contributed by atoms with E-state index in [2.05, 4.69) is 21.0 Å². The van der Waals surface area contributed by atoms with Gasteiger partial charge >= 0.3 is 5.91 Å². The minimum atomic E-state index is -0.611. The Balaban J connectivity index is 1.29. The van der Waals surface area contributed by atoms with Crippen molar-refractivity contribution in [3.63, 3.8) is 0 Å². The Morgan fingerprint density at radius 3 is 2.40 bits per heavy atom. The molecule has 0 fully saturated rings. The molecule has 0 unspecified atom stereocenters. The van der Waals surface area contributed by atoms with Crippen LogP contribution in [0.4, 0.5) is 0 Å². The fourth-order valence-corrected chi connectivity index (χ4v) is 3.52. The maximum Gasteiger partial charge on any atom is 0.305 e. The van der Waals surface area contributed by atoms with Gasteiger partial charge in [-0.2, -0.15) is 0 Å². The molecule has 2 N–H and O–H groups in total. The summed E-state index contributed by atoms with van der Waals surface area (Å²) in [6.45, 7) is 1.88. The number of nitrogens with one attached hydrogen (secondary N) is 2. The smallest absolute Gasteiger partial charge is 0.305 e. The minimum Gasteiger partial charge on any atom is -0.486 e. The molecule has 0 saturated heterocycles. The zero-order valence-corrected chi connectivity index (χ0v) is 18.6. The number of aromatic nitrogens is 2. The molecule has 0 aliphatic rings. The van der Waals surface area contributed by atoms with E-state index in [-0.39, 0.29) is 23.6 Å². The highest BCUT2D eigenvalue weighted by Crippen LogP contribution is 2.26. The van der Waals surface area contributed by atoms with Gasteiger partial charge in [-0.25, -0.2) is 4.98 Å². The van der Waals surface area contributed by atoms with Crippen LogP contribution in [0, 0.1) is 6.92 Å². The van der Waals surface area contributed by atoms with E-state index in [1.807, 2.05) is 60.7 Å². The Kier molecular flexibility index (Phi) is 5.96. The van der Waals surface area contributed by atoms with Gasteiger partial charge in [-0.05, 0) is 37.3 Å². The summed E-state index contributed by atoms with van der Waals surface area (Å²) in [7, 11) is 0. The number of para-hydroxylation sites is 1. The average Bonchev–Trinajstić information content (AvgIpc) is 3.53. The molecule has 5 aromatic rings. The van der Waals surface area contributed by atoms with Crippen molar-refractivity contribution in [2.24, 2.45) is 0 Å². The van der Waals surface area contributed by atoms with Gasteiger partial charge in [-0.3, -0.25) is 20.4 Å². The monoisotopic (exact) mass is 468 g/mol. The molecule has 0 radical (unpaired) electrons. The van der Waals surface area contributed by atoms with Crippen molar-refractivity contribution >= 4 is 22.9 Å². The fraction of sp³-hybridized carbons (Fsp3) is 0.0769. The highest BCUT2D eigenvalue weighted by molar-refractivity contribution is 6.07. The largest absolute Gasteiger partial charge is 0.486 e. The molecule has 0 aliphatic carbocycles. The van der Waals surface area contributed by atoms with Crippen molar-refractivity contribution in [1.82, 2.24) is 21.0 Å². The number of aryl methyl sites for hydroxylation is 1. The third kappa shape index (κ3) is 4.74. The highest BCUT2D eigenvalue weighted by Gasteiger charge is 2.20. The van der Waals surface area contributed by atoms with Crippen LogP contribution in [0.5, 0.6) is 5.75 Å². The van der Waals surface area contributed by atoms with E-state index in [1.54, 1.807) is 19.1 Å². The summed E-state index contributed by atoms with van der Waals surface area (Å²) in [5, 5.41) is 4.39. The van der Waals surface area contributed by atoms with Gasteiger partial charge in [0.1, 0.15) is 18.1 Å². The quantitative estimate of drug-likeness (QED) is 0.354. The summed E-state index contributed by atoms with van der Waals surface area (Å²) in [6.07, 6.45) is 0. The number of amides is 2. The van der Waals surface area contributed by atoms with E-state index in [4.69, 9.17) is 13.7 Å². The molecule has 9 heteroatoms. The van der Waals surface area contributed by atoms with Crippen LogP contribution in [0.15, 0.2) is 87.8 Å². The fourth-order valence-electron chi connectivity index (χ4n) is 3.52. The molecule has 174 valence electrons. The van der Waals surface area contributed by atoms with E-state index in [0.717, 1.165) is 5.56 Å². The Labute approximate surface area is 199 Å². The summed E-state index contributed by atoms with van der Waals surface area (Å²) in [4.78, 5) is 30.0. The lowest BCUT2D eigenvalue weighted by atomic mass is 10.1. The van der Waals surface area contributed by atoms with Crippen LogP contribution in [-0.4, -0.2) is 22.0 Å². The number of hydrogen-bond acceptors (Lipinski definition) is 7. The number of carbonyl (C=O) groups is 2. The van der Waals surface area contributed by atoms with Crippen molar-refractivity contribution in [2.75, 3.05) is 0 Å². The van der Waals surface area contributed by atoms with Crippen molar-refractivity contribution < 1.29 is 23.3 Å². The van der Waals surface area contributed by atoms with E-state index in [9.17, 15) is 9.59 Å². The molecule has 0 saturated carbocycles. The first kappa shape index (κ1) is 21.9. The van der Waals surface area contributed by atoms with Crippen molar-refractivity contribution in [3.8, 4) is 17.0 Å². The number of fused-ring (bicyclic) bond motifs is 1. The van der Waals surface area contributed by atoms with Gasteiger partial charge in [-0.1, -0.05) is 53.7 Å². The number of rotatable bonds is 6. The predicted octanol–water partition coefficient (Wildman–Crippen LogP) is 4.45. The molecule has 0 spiro atoms. The molecule has 2 amide bonds. The van der Waals surface area contributed by atoms with E-state index in [1.165, 1.54) is 6.07 Å². The molecule has 0 atom stereocenters. The van der Waals surface area contributed by atoms with Gasteiger partial charge in [0.2, 0.25) is 0 Å². The third-order valence-corrected chi connectivity index (χ3v) is 5.23. The van der Waals surface area contributed by atoms with Crippen molar-refractivity contribution in [2.45, 2.75) is 13.5 Å². The Morgan fingerprint density at radius 1 is 0.914 bits per heavy atom. The molecule has 3 heterocycles. The summed E-state index contributed by atoms with van der Waals surface area (Å²) in [5.41, 5.74) is 7.16. The van der Waals surface area contributed by atoms with Crippen molar-refractivity contribution in [1.29, 1.82) is 0 Å². The first-order chi connectivity index (χ1) is 17.1. The zero-order valence-electron chi connectivity index (χ0n) is 18.6. The standard InChI is InChI=1S/C26H20N4O5/c1-16-23-20(14-21(27-26(23)35-30-16)17-8-4-2-5-9-17)24(31)28-29-25(32)22-13-12-19(34-22)15-33-18-10-6-3-7-11-18/h2-14H,15H2,1H3,(H,28,31)(H,29,32). The molecule has 0 bridgehead atoms. The summed E-state index contributed by atoms with van der Waals surface area (Å²) in [6, 6.07) is 23.4. The lowest BCUT2D eigenvalue weighted by molar-refractivity contribution is 0.0829. The van der Waals surface area contributed by atoms with E-state index in [0.29, 0.717) is 28.3 Å². The Morgan fingerprint density at radius 2 is 1.63 bits per heavy atom. The Hall–Kier alpha value is -4.92. The van der Waals surface area contributed by atoms with Gasteiger partial charge in [0.25, 0.3) is 11.6 Å². The van der Waals surface area contributed by atoms with Crippen LogP contribution in [0.25, 0.3) is 22.4 Å². The second kappa shape index (κ2) is 9.52. The van der Waals surface area contributed by atoms with Crippen LogP contribution in [0.2, 0.25) is 0 Å². The molecule has 9 nitrogen and oxygen atoms in total. The number of ether oxygens (including phenoxy) is 1. The second-order valence-corrected chi connectivity index (χ2v) is 7.65. The number of nitrogens with zero attached hydrogens (tertiary/aromatic N) is 2. The van der Waals surface area contributed by atoms with Crippen molar-refractivity contribution in [3.05, 3.63) is 102 Å². The molecule has 2 aromatic carbocycles. The normalized spacial score (nSPS) is 10.8. The molecular formula is C26H20N4O5. The SMILES string of the molecule is Cc1noc2nc(-c3ccccc3)cc(C(=O)NNC(=O)c3ccc(COc4ccccc4)o3)c12. The maximum atomic E-state index is 13.0. The summed E-state index contributed by atoms with van der Waals surface area (Å²) in [5.74, 6) is 0.0230. The number of hydrogen-bond donors (Lipinski definition) is 2. The molecular weight excluding hydrogens is 448 g/mol. The summed E-state index contributed by atoms with van der Waals surface area (Å²) >= 11 is 0. The lowest BCUT2D eigenvalue weighted by Crippen LogP contribution is -2.41. The van der Waals surface area contributed by atoms with Gasteiger partial charge in [-0.15, -0.1) is 0 Å². The average molecular weight is 468 g/mol. The van der Waals surface area contributed by atoms with Gasteiger partial charge < -0.3 is 13.7 Å². The van der Waals surface area contributed by atoms with E-state index < -0.39 is 11.8 Å². The van der Waals surface area contributed by atoms with Crippen LogP contribution < -0.4 is 15.6 Å². The molecule has 0 aliphatic heterocycles. The lowest BCUT2D eigenvalue weighted by Gasteiger charge is -2.09. The topological polar surface area (TPSA) is 119 Å². The van der Waals surface area contributed by atoms with Crippen LogP contribution in [0.3, 0.4) is 0 Å². The molecule has 35 heavy (non-hydrogen) atoms. The second-order valence-electron chi connectivity index (χ2n) is 7.65. The van der Waals surface area contributed by atoms with Crippen LogP contribution in [0.1, 0.15) is 32.4 Å². The maximum absolute atomic E-state index is 13.0. The first-order valence-corrected chi connectivity index (χ1v) is 10.8. The van der Waals surface area contributed by atoms with Gasteiger partial charge in [0.05, 0.1) is 22.3 Å². The number of carbonyl (C=O) groups excluding carboxylic acids is 2. The number of pyridine rings is 1. The molecule has 5 rings (SSSR count). The first-order valence-electron chi connectivity index (χ1n) is 10.8. The number of hydrazine groups is 1. The third-order valence-electron chi connectivity index (χ3n) is 5.23. The van der Waals surface area contributed by atoms with E-state index >= 15 is 0 Å². The van der Waals surface area contributed by atoms with Gasteiger partial charge in [0, 0.05) is 5.56 Å². The van der Waals surface area contributed by atoms with Crippen LogP contribution in [-0.2, 0) is 6.61 Å². The predicted molar refractivity (Wildman–Crippen MR) is 126 cm³/mol. The highest BCUT2D eigenvalue weighted by atomic mass is 16.5. The Bertz CT molecular complexity index is 1490. The minimum absolute atomic E-state index is 0.0305. The number of benzene rings is 2.